The van der Waals surface area contributed by atoms with E-state index in [-0.39, 0.29) is 29.9 Å². The van der Waals surface area contributed by atoms with Crippen LogP contribution in [0.25, 0.3) is 11.4 Å². The van der Waals surface area contributed by atoms with E-state index in [1.807, 2.05) is 0 Å². The van der Waals surface area contributed by atoms with Crippen LogP contribution in [0.4, 0.5) is 9.18 Å². The third-order valence-electron chi connectivity index (χ3n) is 4.19. The van der Waals surface area contributed by atoms with Gasteiger partial charge in [-0.2, -0.15) is 4.98 Å². The molecule has 2 amide bonds. The average Bonchev–Trinajstić information content (AvgIpc) is 3.09. The molecule has 0 atom stereocenters. The maximum Gasteiger partial charge on any atom is 0.317 e. The number of carbonyl (C=O) groups is 1. The SMILES string of the molecule is CN(CC1CCOCC1)C(=O)NCc1nc(-c2ccccc2F)no1. The Morgan fingerprint density at radius 3 is 2.88 bits per heavy atom. The molecule has 1 fully saturated rings. The Morgan fingerprint density at radius 2 is 2.12 bits per heavy atom. The van der Waals surface area contributed by atoms with Crippen LogP contribution in [0.15, 0.2) is 28.8 Å². The number of urea groups is 1. The number of aromatic nitrogens is 2. The van der Waals surface area contributed by atoms with Gasteiger partial charge in [0, 0.05) is 26.8 Å². The van der Waals surface area contributed by atoms with Crippen molar-refractivity contribution in [2.45, 2.75) is 19.4 Å². The van der Waals surface area contributed by atoms with Gasteiger partial charge < -0.3 is 19.5 Å². The zero-order valence-electron chi connectivity index (χ0n) is 14.1. The first-order valence-electron chi connectivity index (χ1n) is 8.27. The quantitative estimate of drug-likeness (QED) is 0.898. The van der Waals surface area contributed by atoms with Crippen molar-refractivity contribution in [1.82, 2.24) is 20.4 Å². The molecule has 0 spiro atoms. The van der Waals surface area contributed by atoms with Crippen molar-refractivity contribution in [2.24, 2.45) is 5.92 Å². The minimum absolute atomic E-state index is 0.0956. The fourth-order valence-corrected chi connectivity index (χ4v) is 2.76. The molecule has 1 N–H and O–H groups in total. The zero-order valence-corrected chi connectivity index (χ0v) is 14.1. The second kappa shape index (κ2) is 8.06. The number of nitrogens with one attached hydrogen (secondary N) is 1. The van der Waals surface area contributed by atoms with Gasteiger partial charge in [-0.05, 0) is 30.9 Å². The van der Waals surface area contributed by atoms with E-state index in [1.165, 1.54) is 6.07 Å². The zero-order chi connectivity index (χ0) is 17.6. The van der Waals surface area contributed by atoms with Crippen molar-refractivity contribution in [3.8, 4) is 11.4 Å². The molecule has 1 saturated heterocycles. The Balaban J connectivity index is 1.51. The third-order valence-corrected chi connectivity index (χ3v) is 4.19. The Hall–Kier alpha value is -2.48. The van der Waals surface area contributed by atoms with Crippen LogP contribution in [0.2, 0.25) is 0 Å². The van der Waals surface area contributed by atoms with Crippen molar-refractivity contribution in [2.75, 3.05) is 26.8 Å². The summed E-state index contributed by atoms with van der Waals surface area (Å²) in [5.41, 5.74) is 0.264. The largest absolute Gasteiger partial charge is 0.381 e. The maximum atomic E-state index is 13.7. The van der Waals surface area contributed by atoms with E-state index >= 15 is 0 Å². The first kappa shape index (κ1) is 17.3. The van der Waals surface area contributed by atoms with Crippen LogP contribution in [-0.2, 0) is 11.3 Å². The molecule has 3 rings (SSSR count). The fourth-order valence-electron chi connectivity index (χ4n) is 2.76. The number of halogens is 1. The molecule has 0 aliphatic carbocycles. The highest BCUT2D eigenvalue weighted by molar-refractivity contribution is 5.73. The van der Waals surface area contributed by atoms with Gasteiger partial charge in [0.1, 0.15) is 5.82 Å². The Kier molecular flexibility index (Phi) is 5.60. The van der Waals surface area contributed by atoms with E-state index in [1.54, 1.807) is 30.1 Å². The van der Waals surface area contributed by atoms with Gasteiger partial charge in [-0.3, -0.25) is 0 Å². The summed E-state index contributed by atoms with van der Waals surface area (Å²) in [7, 11) is 1.75. The topological polar surface area (TPSA) is 80.5 Å². The van der Waals surface area contributed by atoms with Crippen LogP contribution in [0.1, 0.15) is 18.7 Å². The van der Waals surface area contributed by atoms with Gasteiger partial charge in [0.25, 0.3) is 0 Å². The van der Waals surface area contributed by atoms with Crippen LogP contribution in [-0.4, -0.2) is 47.9 Å². The lowest BCUT2D eigenvalue weighted by Crippen LogP contribution is -2.40. The number of hydrogen-bond acceptors (Lipinski definition) is 5. The van der Waals surface area contributed by atoms with Gasteiger partial charge in [-0.25, -0.2) is 9.18 Å². The molecule has 25 heavy (non-hydrogen) atoms. The number of hydrogen-bond donors (Lipinski definition) is 1. The molecule has 1 aromatic carbocycles. The molecule has 0 bridgehead atoms. The van der Waals surface area contributed by atoms with Gasteiger partial charge in [-0.1, -0.05) is 17.3 Å². The van der Waals surface area contributed by atoms with E-state index < -0.39 is 5.82 Å². The maximum absolute atomic E-state index is 13.7. The van der Waals surface area contributed by atoms with Crippen molar-refractivity contribution < 1.29 is 18.4 Å². The van der Waals surface area contributed by atoms with Gasteiger partial charge >= 0.3 is 6.03 Å². The molecule has 1 aliphatic heterocycles. The molecule has 1 aromatic heterocycles. The molecule has 1 aliphatic rings. The predicted octanol–water partition coefficient (Wildman–Crippen LogP) is 2.44. The van der Waals surface area contributed by atoms with E-state index in [0.717, 1.165) is 26.1 Å². The van der Waals surface area contributed by atoms with Crippen LogP contribution >= 0.6 is 0 Å². The summed E-state index contributed by atoms with van der Waals surface area (Å²) in [6.07, 6.45) is 1.93. The monoisotopic (exact) mass is 348 g/mol. The number of nitrogens with zero attached hydrogens (tertiary/aromatic N) is 3. The summed E-state index contributed by atoms with van der Waals surface area (Å²) < 4.78 is 24.1. The van der Waals surface area contributed by atoms with Crippen molar-refractivity contribution in [3.63, 3.8) is 0 Å². The van der Waals surface area contributed by atoms with E-state index in [4.69, 9.17) is 9.26 Å². The van der Waals surface area contributed by atoms with Crippen LogP contribution in [0.5, 0.6) is 0 Å². The summed E-state index contributed by atoms with van der Waals surface area (Å²) in [6.45, 7) is 2.28. The van der Waals surface area contributed by atoms with Gasteiger partial charge in [0.15, 0.2) is 0 Å². The molecular weight excluding hydrogens is 327 g/mol. The Morgan fingerprint density at radius 1 is 1.36 bits per heavy atom. The minimum Gasteiger partial charge on any atom is -0.381 e. The van der Waals surface area contributed by atoms with Crippen LogP contribution < -0.4 is 5.32 Å². The predicted molar refractivity (Wildman–Crippen MR) is 88.1 cm³/mol. The lowest BCUT2D eigenvalue weighted by atomic mass is 10.0. The molecule has 134 valence electrons. The summed E-state index contributed by atoms with van der Waals surface area (Å²) >= 11 is 0. The molecule has 2 heterocycles. The molecule has 0 unspecified atom stereocenters. The standard InChI is InChI=1S/C17H21FN4O3/c1-22(11-12-6-8-24-9-7-12)17(23)19-10-15-20-16(21-25-15)13-4-2-3-5-14(13)18/h2-5,12H,6-11H2,1H3,(H,19,23). The van der Waals surface area contributed by atoms with Gasteiger partial charge in [0.2, 0.25) is 11.7 Å². The lowest BCUT2D eigenvalue weighted by Gasteiger charge is -2.27. The lowest BCUT2D eigenvalue weighted by molar-refractivity contribution is 0.0586. The van der Waals surface area contributed by atoms with E-state index in [2.05, 4.69) is 15.5 Å². The van der Waals surface area contributed by atoms with Crippen LogP contribution in [0.3, 0.4) is 0 Å². The molecule has 7 nitrogen and oxygen atoms in total. The summed E-state index contributed by atoms with van der Waals surface area (Å²) in [5.74, 6) is 0.430. The van der Waals surface area contributed by atoms with Crippen molar-refractivity contribution >= 4 is 6.03 Å². The number of carbonyl (C=O) groups excluding carboxylic acids is 1. The normalized spacial score (nSPS) is 15.1. The number of rotatable bonds is 5. The number of benzene rings is 1. The molecule has 0 radical (unpaired) electrons. The van der Waals surface area contributed by atoms with E-state index in [0.29, 0.717) is 12.5 Å². The number of amides is 2. The minimum atomic E-state index is -0.421. The third kappa shape index (κ3) is 4.54. The molecule has 8 heteroatoms. The second-order valence-corrected chi connectivity index (χ2v) is 6.09. The number of ether oxygens (including phenoxy) is 1. The van der Waals surface area contributed by atoms with Crippen LogP contribution in [0, 0.1) is 11.7 Å². The Bertz CT molecular complexity index is 715. The Labute approximate surface area is 145 Å². The van der Waals surface area contributed by atoms with Crippen molar-refractivity contribution in [3.05, 3.63) is 36.0 Å². The highest BCUT2D eigenvalue weighted by Crippen LogP contribution is 2.19. The highest BCUT2D eigenvalue weighted by Gasteiger charge is 2.19. The average molecular weight is 348 g/mol. The molecular formula is C17H21FN4O3. The smallest absolute Gasteiger partial charge is 0.317 e. The molecule has 0 saturated carbocycles. The van der Waals surface area contributed by atoms with Gasteiger partial charge in [-0.15, -0.1) is 0 Å². The summed E-state index contributed by atoms with van der Waals surface area (Å²) in [5, 5.41) is 6.49. The van der Waals surface area contributed by atoms with E-state index in [9.17, 15) is 9.18 Å². The van der Waals surface area contributed by atoms with Gasteiger partial charge in [0.05, 0.1) is 12.1 Å². The summed E-state index contributed by atoms with van der Waals surface area (Å²) in [4.78, 5) is 17.9. The molecule has 2 aromatic rings. The fraction of sp³-hybridized carbons (Fsp3) is 0.471. The van der Waals surface area contributed by atoms with Crippen molar-refractivity contribution in [1.29, 1.82) is 0 Å². The first-order valence-corrected chi connectivity index (χ1v) is 8.27. The summed E-state index contributed by atoms with van der Waals surface area (Å²) in [6, 6.07) is 5.98. The second-order valence-electron chi connectivity index (χ2n) is 6.09. The first-order chi connectivity index (χ1) is 12.1. The highest BCUT2D eigenvalue weighted by atomic mass is 19.1.